The van der Waals surface area contributed by atoms with Crippen LogP contribution in [0.25, 0.3) is 0 Å². The first-order valence-electron chi connectivity index (χ1n) is 6.14. The molecule has 2 atom stereocenters. The molecule has 18 heavy (non-hydrogen) atoms. The molecule has 0 radical (unpaired) electrons. The quantitative estimate of drug-likeness (QED) is 0.850. The van der Waals surface area contributed by atoms with E-state index in [1.807, 2.05) is 13.8 Å². The SMILES string of the molecule is CC(C)C(C)(O)COc1ccc([C@@H](C)N)c(F)c1. The van der Waals surface area contributed by atoms with Gasteiger partial charge in [0.1, 0.15) is 18.2 Å². The van der Waals surface area contributed by atoms with E-state index in [4.69, 9.17) is 10.5 Å². The maximum Gasteiger partial charge on any atom is 0.131 e. The lowest BCUT2D eigenvalue weighted by Crippen LogP contribution is -2.37. The van der Waals surface area contributed by atoms with E-state index in [0.717, 1.165) is 0 Å². The molecular weight excluding hydrogens is 233 g/mol. The van der Waals surface area contributed by atoms with Gasteiger partial charge in [0, 0.05) is 17.7 Å². The minimum Gasteiger partial charge on any atom is -0.490 e. The third-order valence-electron chi connectivity index (χ3n) is 3.24. The summed E-state index contributed by atoms with van der Waals surface area (Å²) in [5.41, 5.74) is 5.15. The standard InChI is InChI=1S/C14H22FNO2/c1-9(2)14(4,17)8-18-11-5-6-12(10(3)16)13(15)7-11/h5-7,9-10,17H,8,16H2,1-4H3/t10-,14?/m1/s1. The van der Waals surface area contributed by atoms with E-state index < -0.39 is 5.60 Å². The number of aliphatic hydroxyl groups is 1. The third-order valence-corrected chi connectivity index (χ3v) is 3.24. The molecule has 0 heterocycles. The number of ether oxygens (including phenoxy) is 1. The maximum atomic E-state index is 13.7. The van der Waals surface area contributed by atoms with Gasteiger partial charge in [-0.15, -0.1) is 0 Å². The lowest BCUT2D eigenvalue weighted by molar-refractivity contribution is -0.0267. The van der Waals surface area contributed by atoms with Gasteiger partial charge in [0.25, 0.3) is 0 Å². The highest BCUT2D eigenvalue weighted by molar-refractivity contribution is 5.30. The number of hydrogen-bond acceptors (Lipinski definition) is 3. The minimum atomic E-state index is -0.934. The zero-order valence-electron chi connectivity index (χ0n) is 11.4. The minimum absolute atomic E-state index is 0.0608. The summed E-state index contributed by atoms with van der Waals surface area (Å²) in [7, 11) is 0. The maximum absolute atomic E-state index is 13.7. The van der Waals surface area contributed by atoms with Gasteiger partial charge in [0.2, 0.25) is 0 Å². The normalized spacial score (nSPS) is 16.4. The van der Waals surface area contributed by atoms with Gasteiger partial charge >= 0.3 is 0 Å². The van der Waals surface area contributed by atoms with Gasteiger partial charge < -0.3 is 15.6 Å². The summed E-state index contributed by atoms with van der Waals surface area (Å²) in [6.07, 6.45) is 0. The molecule has 0 aliphatic rings. The second-order valence-electron chi connectivity index (χ2n) is 5.27. The molecule has 0 aliphatic heterocycles. The molecule has 0 aliphatic carbocycles. The van der Waals surface area contributed by atoms with Crippen LogP contribution in [0.15, 0.2) is 18.2 Å². The van der Waals surface area contributed by atoms with E-state index in [9.17, 15) is 9.50 Å². The number of halogens is 1. The van der Waals surface area contributed by atoms with Gasteiger partial charge in [0.15, 0.2) is 0 Å². The summed E-state index contributed by atoms with van der Waals surface area (Å²) in [5, 5.41) is 10.0. The van der Waals surface area contributed by atoms with Crippen molar-refractivity contribution >= 4 is 0 Å². The number of benzene rings is 1. The summed E-state index contributed by atoms with van der Waals surface area (Å²) in [6.45, 7) is 7.36. The first kappa shape index (κ1) is 14.9. The van der Waals surface area contributed by atoms with Crippen LogP contribution >= 0.6 is 0 Å². The highest BCUT2D eigenvalue weighted by Gasteiger charge is 2.25. The molecule has 0 fully saturated rings. The summed E-state index contributed by atoms with van der Waals surface area (Å²) >= 11 is 0. The van der Waals surface area contributed by atoms with Crippen LogP contribution in [0.4, 0.5) is 4.39 Å². The zero-order valence-corrected chi connectivity index (χ0v) is 11.4. The second-order valence-corrected chi connectivity index (χ2v) is 5.27. The average molecular weight is 255 g/mol. The van der Waals surface area contributed by atoms with Gasteiger partial charge in [-0.05, 0) is 25.8 Å². The van der Waals surface area contributed by atoms with Gasteiger partial charge in [-0.3, -0.25) is 0 Å². The highest BCUT2D eigenvalue weighted by Crippen LogP contribution is 2.23. The number of hydrogen-bond donors (Lipinski definition) is 2. The van der Waals surface area contributed by atoms with Crippen LogP contribution in [-0.2, 0) is 0 Å². The fourth-order valence-corrected chi connectivity index (χ4v) is 1.36. The Morgan fingerprint density at radius 3 is 2.44 bits per heavy atom. The molecule has 1 unspecified atom stereocenters. The Morgan fingerprint density at radius 1 is 1.39 bits per heavy atom. The van der Waals surface area contributed by atoms with Crippen LogP contribution in [0.1, 0.15) is 39.3 Å². The summed E-state index contributed by atoms with van der Waals surface area (Å²) < 4.78 is 19.1. The molecule has 102 valence electrons. The molecule has 1 rings (SSSR count). The van der Waals surface area contributed by atoms with Crippen molar-refractivity contribution in [3.8, 4) is 5.75 Å². The first-order valence-corrected chi connectivity index (χ1v) is 6.14. The molecule has 1 aromatic rings. The highest BCUT2D eigenvalue weighted by atomic mass is 19.1. The first-order chi connectivity index (χ1) is 8.24. The predicted molar refractivity (Wildman–Crippen MR) is 70.0 cm³/mol. The fourth-order valence-electron chi connectivity index (χ4n) is 1.36. The molecule has 0 saturated heterocycles. The van der Waals surface area contributed by atoms with E-state index in [0.29, 0.717) is 11.3 Å². The predicted octanol–water partition coefficient (Wildman–Crippen LogP) is 2.63. The van der Waals surface area contributed by atoms with Crippen LogP contribution < -0.4 is 10.5 Å². The summed E-state index contributed by atoms with van der Waals surface area (Å²) in [5.74, 6) is 0.0789. The molecule has 0 bridgehead atoms. The van der Waals surface area contributed by atoms with E-state index in [1.54, 1.807) is 26.0 Å². The lowest BCUT2D eigenvalue weighted by Gasteiger charge is -2.27. The van der Waals surface area contributed by atoms with E-state index in [1.165, 1.54) is 6.07 Å². The Kier molecular flexibility index (Phi) is 4.71. The Balaban J connectivity index is 2.73. The molecule has 0 saturated carbocycles. The molecular formula is C14H22FNO2. The monoisotopic (exact) mass is 255 g/mol. The van der Waals surface area contributed by atoms with E-state index >= 15 is 0 Å². The topological polar surface area (TPSA) is 55.5 Å². The van der Waals surface area contributed by atoms with Crippen molar-refractivity contribution in [3.63, 3.8) is 0 Å². The smallest absolute Gasteiger partial charge is 0.131 e. The van der Waals surface area contributed by atoms with Crippen molar-refractivity contribution in [1.29, 1.82) is 0 Å². The van der Waals surface area contributed by atoms with Crippen molar-refractivity contribution in [2.45, 2.75) is 39.3 Å². The van der Waals surface area contributed by atoms with Crippen LogP contribution in [0.3, 0.4) is 0 Å². The van der Waals surface area contributed by atoms with Gasteiger partial charge in [-0.25, -0.2) is 4.39 Å². The molecule has 0 spiro atoms. The largest absolute Gasteiger partial charge is 0.490 e. The molecule has 3 nitrogen and oxygen atoms in total. The van der Waals surface area contributed by atoms with Crippen LogP contribution in [-0.4, -0.2) is 17.3 Å². The molecule has 0 amide bonds. The van der Waals surface area contributed by atoms with Crippen LogP contribution in [0.5, 0.6) is 5.75 Å². The van der Waals surface area contributed by atoms with E-state index in [-0.39, 0.29) is 24.4 Å². The Labute approximate surface area is 108 Å². The van der Waals surface area contributed by atoms with E-state index in [2.05, 4.69) is 0 Å². The van der Waals surface area contributed by atoms with Crippen LogP contribution in [0.2, 0.25) is 0 Å². The fraction of sp³-hybridized carbons (Fsp3) is 0.571. The van der Waals surface area contributed by atoms with Gasteiger partial charge in [-0.1, -0.05) is 19.9 Å². The van der Waals surface area contributed by atoms with Crippen molar-refractivity contribution in [2.75, 3.05) is 6.61 Å². The number of nitrogens with two attached hydrogens (primary N) is 1. The number of rotatable bonds is 5. The molecule has 0 aromatic heterocycles. The van der Waals surface area contributed by atoms with Crippen molar-refractivity contribution < 1.29 is 14.2 Å². The Hall–Kier alpha value is -1.13. The molecule has 4 heteroatoms. The third kappa shape index (κ3) is 3.68. The Bertz CT molecular complexity index is 403. The second kappa shape index (κ2) is 5.67. The lowest BCUT2D eigenvalue weighted by atomic mass is 9.94. The average Bonchev–Trinajstić information content (AvgIpc) is 2.25. The Morgan fingerprint density at radius 2 is 2.00 bits per heavy atom. The van der Waals surface area contributed by atoms with Crippen LogP contribution in [0, 0.1) is 11.7 Å². The van der Waals surface area contributed by atoms with Gasteiger partial charge in [0.05, 0.1) is 5.60 Å². The zero-order chi connectivity index (χ0) is 13.9. The van der Waals surface area contributed by atoms with Crippen molar-refractivity contribution in [1.82, 2.24) is 0 Å². The van der Waals surface area contributed by atoms with Crippen molar-refractivity contribution in [2.24, 2.45) is 11.7 Å². The van der Waals surface area contributed by atoms with Crippen molar-refractivity contribution in [3.05, 3.63) is 29.6 Å². The molecule has 3 N–H and O–H groups in total. The van der Waals surface area contributed by atoms with Gasteiger partial charge in [-0.2, -0.15) is 0 Å². The molecule has 1 aromatic carbocycles. The summed E-state index contributed by atoms with van der Waals surface area (Å²) in [4.78, 5) is 0. The summed E-state index contributed by atoms with van der Waals surface area (Å²) in [6, 6.07) is 4.23.